The Morgan fingerprint density at radius 2 is 2.21 bits per heavy atom. The number of rotatable bonds is 7. The molecule has 1 aromatic carbocycles. The lowest BCUT2D eigenvalue weighted by molar-refractivity contribution is -0.127. The summed E-state index contributed by atoms with van der Waals surface area (Å²) in [6.45, 7) is 4.95. The third-order valence-corrected chi connectivity index (χ3v) is 8.19. The van der Waals surface area contributed by atoms with Gasteiger partial charge >= 0.3 is 0 Å². The number of nitrogens with zero attached hydrogens (tertiary/aromatic N) is 3. The summed E-state index contributed by atoms with van der Waals surface area (Å²) >= 11 is 2.90. The van der Waals surface area contributed by atoms with Gasteiger partial charge in [0.05, 0.1) is 18.2 Å². The van der Waals surface area contributed by atoms with Gasteiger partial charge < -0.3 is 9.64 Å². The molecular weight excluding hydrogens is 461 g/mol. The highest BCUT2D eigenvalue weighted by atomic mass is 32.2. The van der Waals surface area contributed by atoms with Crippen molar-refractivity contribution >= 4 is 39.2 Å². The molecule has 0 aliphatic heterocycles. The molecule has 1 amide bonds. The first kappa shape index (κ1) is 23.8. The predicted octanol–water partition coefficient (Wildman–Crippen LogP) is 4.50. The fourth-order valence-electron chi connectivity index (χ4n) is 4.20. The lowest BCUT2D eigenvalue weighted by Gasteiger charge is -2.18. The summed E-state index contributed by atoms with van der Waals surface area (Å²) in [5.41, 5.74) is 1.84. The fraction of sp³-hybridized carbons (Fsp3) is 0.458. The molecule has 0 spiro atoms. The molecule has 1 aliphatic rings. The topological polar surface area (TPSA) is 64.4 Å². The first-order valence-corrected chi connectivity index (χ1v) is 12.9. The second kappa shape index (κ2) is 9.85. The van der Waals surface area contributed by atoms with Crippen LogP contribution in [-0.2, 0) is 30.7 Å². The van der Waals surface area contributed by atoms with Gasteiger partial charge in [-0.3, -0.25) is 14.2 Å². The van der Waals surface area contributed by atoms with Crippen LogP contribution in [-0.4, -0.2) is 40.3 Å². The summed E-state index contributed by atoms with van der Waals surface area (Å²) in [6.07, 6.45) is 3.03. The number of methoxy groups -OCH3 is 1. The number of aryl methyl sites for hydroxylation is 1. The Bertz CT molecular complexity index is 1250. The minimum Gasteiger partial charge on any atom is -0.494 e. The third kappa shape index (κ3) is 4.80. The molecule has 0 radical (unpaired) electrons. The van der Waals surface area contributed by atoms with Gasteiger partial charge in [0.1, 0.15) is 4.83 Å². The van der Waals surface area contributed by atoms with Crippen molar-refractivity contribution in [2.45, 2.75) is 51.4 Å². The van der Waals surface area contributed by atoms with Gasteiger partial charge in [0.15, 0.2) is 16.7 Å². The first-order chi connectivity index (χ1) is 15.8. The molecule has 1 atom stereocenters. The van der Waals surface area contributed by atoms with Crippen LogP contribution in [0.2, 0.25) is 0 Å². The van der Waals surface area contributed by atoms with Crippen molar-refractivity contribution < 1.29 is 13.9 Å². The summed E-state index contributed by atoms with van der Waals surface area (Å²) in [6, 6.07) is 4.67. The molecule has 3 aromatic rings. The van der Waals surface area contributed by atoms with Crippen LogP contribution in [0.4, 0.5) is 4.39 Å². The number of fused-ring (bicyclic) bond motifs is 3. The van der Waals surface area contributed by atoms with Crippen molar-refractivity contribution in [3.8, 4) is 5.75 Å². The van der Waals surface area contributed by atoms with E-state index in [-0.39, 0.29) is 29.5 Å². The van der Waals surface area contributed by atoms with Crippen molar-refractivity contribution in [3.63, 3.8) is 0 Å². The van der Waals surface area contributed by atoms with Crippen LogP contribution in [0.3, 0.4) is 0 Å². The molecule has 176 valence electrons. The Morgan fingerprint density at radius 1 is 1.42 bits per heavy atom. The van der Waals surface area contributed by atoms with Gasteiger partial charge in [0.25, 0.3) is 5.56 Å². The smallest absolute Gasteiger partial charge is 0.263 e. The Labute approximate surface area is 200 Å². The van der Waals surface area contributed by atoms with Crippen LogP contribution in [0.15, 0.2) is 28.2 Å². The minimum atomic E-state index is -0.456. The van der Waals surface area contributed by atoms with Crippen LogP contribution in [0, 0.1) is 11.7 Å². The van der Waals surface area contributed by atoms with Crippen LogP contribution >= 0.6 is 23.1 Å². The molecule has 4 rings (SSSR count). The maximum atomic E-state index is 14.0. The monoisotopic (exact) mass is 489 g/mol. The van der Waals surface area contributed by atoms with E-state index in [1.807, 2.05) is 6.92 Å². The highest BCUT2D eigenvalue weighted by Crippen LogP contribution is 2.36. The standard InChI is InChI=1S/C24H28FN3O3S2/c1-5-28-23(30)21-16-8-6-14(2)10-19(16)33-22(21)26-24(28)32-13-20(29)27(3)12-15-7-9-18(31-4)17(25)11-15/h7,9,11,14H,5-6,8,10,12-13H2,1-4H3. The van der Waals surface area contributed by atoms with Gasteiger partial charge in [-0.1, -0.05) is 24.8 Å². The number of thiophene rings is 1. The van der Waals surface area contributed by atoms with Gasteiger partial charge in [0.2, 0.25) is 5.91 Å². The van der Waals surface area contributed by atoms with Crippen LogP contribution < -0.4 is 10.3 Å². The molecule has 2 heterocycles. The predicted molar refractivity (Wildman–Crippen MR) is 131 cm³/mol. The number of benzene rings is 1. The van der Waals surface area contributed by atoms with Gasteiger partial charge in [-0.15, -0.1) is 11.3 Å². The van der Waals surface area contributed by atoms with Gasteiger partial charge in [0, 0.05) is 25.0 Å². The van der Waals surface area contributed by atoms with Crippen molar-refractivity contribution in [2.75, 3.05) is 19.9 Å². The molecule has 1 aliphatic carbocycles. The lowest BCUT2D eigenvalue weighted by Crippen LogP contribution is -2.29. The molecule has 0 fully saturated rings. The van der Waals surface area contributed by atoms with E-state index in [0.29, 0.717) is 23.2 Å². The number of aromatic nitrogens is 2. The Morgan fingerprint density at radius 3 is 2.91 bits per heavy atom. The number of carbonyl (C=O) groups is 1. The normalized spacial score (nSPS) is 15.5. The van der Waals surface area contributed by atoms with E-state index in [9.17, 15) is 14.0 Å². The molecule has 6 nitrogen and oxygen atoms in total. The van der Waals surface area contributed by atoms with E-state index in [0.717, 1.165) is 29.5 Å². The SMILES string of the molecule is CCn1c(SCC(=O)N(C)Cc2ccc(OC)c(F)c2)nc2sc3c(c2c1=O)CCC(C)C3. The van der Waals surface area contributed by atoms with Crippen molar-refractivity contribution in [2.24, 2.45) is 5.92 Å². The quantitative estimate of drug-likeness (QED) is 0.361. The highest BCUT2D eigenvalue weighted by Gasteiger charge is 2.25. The molecule has 1 unspecified atom stereocenters. The van der Waals surface area contributed by atoms with Gasteiger partial charge in [-0.25, -0.2) is 9.37 Å². The molecule has 2 aromatic heterocycles. The fourth-order valence-corrected chi connectivity index (χ4v) is 6.63. The Kier molecular flexibility index (Phi) is 7.09. The van der Waals surface area contributed by atoms with E-state index in [2.05, 4.69) is 6.92 Å². The number of hydrogen-bond acceptors (Lipinski definition) is 6. The number of thioether (sulfide) groups is 1. The Hall–Kier alpha value is -2.39. The van der Waals surface area contributed by atoms with E-state index < -0.39 is 5.82 Å². The van der Waals surface area contributed by atoms with Crippen molar-refractivity contribution in [1.82, 2.24) is 14.5 Å². The zero-order chi connectivity index (χ0) is 23.7. The molecular formula is C24H28FN3O3S2. The van der Waals surface area contributed by atoms with Crippen LogP contribution in [0.25, 0.3) is 10.2 Å². The summed E-state index contributed by atoms with van der Waals surface area (Å²) in [5, 5.41) is 1.33. The van der Waals surface area contributed by atoms with E-state index in [1.165, 1.54) is 35.4 Å². The Balaban J connectivity index is 1.51. The summed E-state index contributed by atoms with van der Waals surface area (Å²) < 4.78 is 20.6. The van der Waals surface area contributed by atoms with Crippen molar-refractivity contribution in [1.29, 1.82) is 0 Å². The summed E-state index contributed by atoms with van der Waals surface area (Å²) in [4.78, 5) is 34.4. The van der Waals surface area contributed by atoms with Gasteiger partial charge in [-0.05, 0) is 55.4 Å². The second-order valence-electron chi connectivity index (χ2n) is 8.48. The number of ether oxygens (including phenoxy) is 1. The highest BCUT2D eigenvalue weighted by molar-refractivity contribution is 7.99. The van der Waals surface area contributed by atoms with Gasteiger partial charge in [-0.2, -0.15) is 0 Å². The van der Waals surface area contributed by atoms with Crippen LogP contribution in [0.1, 0.15) is 36.3 Å². The minimum absolute atomic E-state index is 0.00781. The largest absolute Gasteiger partial charge is 0.494 e. The molecule has 9 heteroatoms. The number of amides is 1. The van der Waals surface area contributed by atoms with E-state index >= 15 is 0 Å². The first-order valence-electron chi connectivity index (χ1n) is 11.1. The van der Waals surface area contributed by atoms with Crippen LogP contribution in [0.5, 0.6) is 5.75 Å². The number of carbonyl (C=O) groups excluding carboxylic acids is 1. The van der Waals surface area contributed by atoms with E-state index in [1.54, 1.807) is 40.0 Å². The third-order valence-electron chi connectivity index (χ3n) is 6.08. The molecule has 33 heavy (non-hydrogen) atoms. The summed E-state index contributed by atoms with van der Waals surface area (Å²) in [5.74, 6) is 0.372. The maximum Gasteiger partial charge on any atom is 0.263 e. The molecule has 0 N–H and O–H groups in total. The van der Waals surface area contributed by atoms with Crippen molar-refractivity contribution in [3.05, 3.63) is 50.4 Å². The average Bonchev–Trinajstić information content (AvgIpc) is 3.15. The average molecular weight is 490 g/mol. The zero-order valence-electron chi connectivity index (χ0n) is 19.3. The lowest BCUT2D eigenvalue weighted by atomic mass is 9.89. The maximum absolute atomic E-state index is 14.0. The van der Waals surface area contributed by atoms with E-state index in [4.69, 9.17) is 9.72 Å². The molecule has 0 bridgehead atoms. The molecule has 0 saturated heterocycles. The second-order valence-corrected chi connectivity index (χ2v) is 10.5. The number of halogens is 1. The molecule has 0 saturated carbocycles. The zero-order valence-corrected chi connectivity index (χ0v) is 20.9. The summed E-state index contributed by atoms with van der Waals surface area (Å²) in [7, 11) is 3.10. The number of hydrogen-bond donors (Lipinski definition) is 0.